The largest absolute Gasteiger partial charge is 0.481 e. The number of rotatable bonds is 3. The number of hydrogen-bond acceptors (Lipinski definition) is 2. The van der Waals surface area contributed by atoms with Gasteiger partial charge in [-0.05, 0) is 31.6 Å². The molecule has 0 spiro atoms. The molecule has 3 rings (SSSR count). The van der Waals surface area contributed by atoms with Crippen LogP contribution in [0.2, 0.25) is 0 Å². The second-order valence-electron chi connectivity index (χ2n) is 5.14. The Kier molecular flexibility index (Phi) is 1.69. The van der Waals surface area contributed by atoms with Gasteiger partial charge in [-0.2, -0.15) is 0 Å². The van der Waals surface area contributed by atoms with E-state index in [4.69, 9.17) is 4.74 Å². The van der Waals surface area contributed by atoms with Gasteiger partial charge in [-0.15, -0.1) is 0 Å². The summed E-state index contributed by atoms with van der Waals surface area (Å²) < 4.78 is 5.70. The molecule has 78 valence electrons. The van der Waals surface area contributed by atoms with Crippen molar-refractivity contribution in [2.75, 3.05) is 0 Å². The highest BCUT2D eigenvalue weighted by molar-refractivity contribution is 5.76. The molecule has 1 N–H and O–H groups in total. The van der Waals surface area contributed by atoms with Crippen LogP contribution in [0.25, 0.3) is 0 Å². The van der Waals surface area contributed by atoms with E-state index in [0.29, 0.717) is 5.92 Å². The van der Waals surface area contributed by atoms with Gasteiger partial charge in [0.05, 0.1) is 17.6 Å². The van der Waals surface area contributed by atoms with Crippen LogP contribution in [0, 0.1) is 11.3 Å². The normalized spacial score (nSPS) is 45.7. The van der Waals surface area contributed by atoms with E-state index >= 15 is 0 Å². The van der Waals surface area contributed by atoms with Crippen LogP contribution >= 0.6 is 0 Å². The van der Waals surface area contributed by atoms with Gasteiger partial charge in [0.1, 0.15) is 0 Å². The van der Waals surface area contributed by atoms with Gasteiger partial charge in [-0.1, -0.05) is 12.8 Å². The van der Waals surface area contributed by atoms with Gasteiger partial charge in [0, 0.05) is 0 Å². The number of carbonyl (C=O) groups is 1. The van der Waals surface area contributed by atoms with Crippen molar-refractivity contribution in [1.82, 2.24) is 0 Å². The Balaban J connectivity index is 1.84. The number of hydrogen-bond donors (Lipinski definition) is 1. The van der Waals surface area contributed by atoms with Crippen molar-refractivity contribution in [2.24, 2.45) is 11.3 Å². The maximum atomic E-state index is 11.4. The lowest BCUT2D eigenvalue weighted by Gasteiger charge is -2.30. The first-order valence-corrected chi connectivity index (χ1v) is 5.59. The molecule has 14 heavy (non-hydrogen) atoms. The highest BCUT2D eigenvalue weighted by Crippen LogP contribution is 2.54. The average Bonchev–Trinajstić information content (AvgIpc) is 2.74. The van der Waals surface area contributed by atoms with Crippen molar-refractivity contribution in [3.63, 3.8) is 0 Å². The molecule has 0 aromatic heterocycles. The molecule has 3 heteroatoms. The molecule has 3 atom stereocenters. The van der Waals surface area contributed by atoms with E-state index in [1.54, 1.807) is 0 Å². The van der Waals surface area contributed by atoms with Gasteiger partial charge in [-0.25, -0.2) is 0 Å². The van der Waals surface area contributed by atoms with Crippen molar-refractivity contribution in [3.8, 4) is 0 Å². The summed E-state index contributed by atoms with van der Waals surface area (Å²) in [5.74, 6) is 0.0608. The van der Waals surface area contributed by atoms with Gasteiger partial charge in [0.25, 0.3) is 0 Å². The molecule has 1 saturated carbocycles. The molecule has 3 fully saturated rings. The highest BCUT2D eigenvalue weighted by Gasteiger charge is 2.58. The summed E-state index contributed by atoms with van der Waals surface area (Å²) in [5.41, 5.74) is -0.510. The van der Waals surface area contributed by atoms with E-state index < -0.39 is 11.4 Å². The minimum absolute atomic E-state index is 0.0191. The third kappa shape index (κ3) is 1.11. The lowest BCUT2D eigenvalue weighted by atomic mass is 9.70. The Hall–Kier alpha value is -0.570. The van der Waals surface area contributed by atoms with E-state index in [9.17, 15) is 9.90 Å². The molecule has 3 aliphatic rings. The van der Waals surface area contributed by atoms with Crippen molar-refractivity contribution in [1.29, 1.82) is 0 Å². The van der Waals surface area contributed by atoms with Crippen LogP contribution in [-0.2, 0) is 9.53 Å². The first kappa shape index (κ1) is 8.72. The third-order valence-electron chi connectivity index (χ3n) is 4.09. The second kappa shape index (κ2) is 2.72. The fourth-order valence-electron chi connectivity index (χ4n) is 3.16. The Morgan fingerprint density at radius 3 is 2.57 bits per heavy atom. The highest BCUT2D eigenvalue weighted by atomic mass is 16.5. The monoisotopic (exact) mass is 196 g/mol. The van der Waals surface area contributed by atoms with Crippen LogP contribution in [0.15, 0.2) is 0 Å². The minimum Gasteiger partial charge on any atom is -0.481 e. The maximum absolute atomic E-state index is 11.4. The molecule has 1 aliphatic carbocycles. The Bertz CT molecular complexity index is 272. The first-order chi connectivity index (χ1) is 6.71. The van der Waals surface area contributed by atoms with Gasteiger partial charge in [-0.3, -0.25) is 4.79 Å². The predicted octanol–water partition coefficient (Wildman–Crippen LogP) is 1.81. The summed E-state index contributed by atoms with van der Waals surface area (Å²) in [6.45, 7) is 0. The van der Waals surface area contributed by atoms with Gasteiger partial charge in [0.15, 0.2) is 0 Å². The summed E-state index contributed by atoms with van der Waals surface area (Å²) in [6, 6.07) is 0. The fourth-order valence-corrected chi connectivity index (χ4v) is 3.16. The molecule has 0 aromatic rings. The summed E-state index contributed by atoms with van der Waals surface area (Å²) in [5, 5.41) is 9.38. The zero-order valence-corrected chi connectivity index (χ0v) is 8.24. The number of carboxylic acids is 1. The molecule has 2 aliphatic heterocycles. The van der Waals surface area contributed by atoms with Crippen LogP contribution in [-0.4, -0.2) is 23.3 Å². The van der Waals surface area contributed by atoms with Crippen LogP contribution in [0.1, 0.15) is 38.5 Å². The lowest BCUT2D eigenvalue weighted by molar-refractivity contribution is -0.153. The van der Waals surface area contributed by atoms with Crippen molar-refractivity contribution < 1.29 is 14.6 Å². The second-order valence-corrected chi connectivity index (χ2v) is 5.14. The molecule has 3 unspecified atom stereocenters. The molecule has 0 aromatic carbocycles. The van der Waals surface area contributed by atoms with Crippen molar-refractivity contribution >= 4 is 5.97 Å². The summed E-state index contributed by atoms with van der Waals surface area (Å²) >= 11 is 0. The van der Waals surface area contributed by atoms with Gasteiger partial charge in [0.2, 0.25) is 0 Å². The van der Waals surface area contributed by atoms with E-state index in [2.05, 4.69) is 0 Å². The average molecular weight is 196 g/mol. The lowest BCUT2D eigenvalue weighted by Crippen LogP contribution is -2.40. The van der Waals surface area contributed by atoms with Crippen LogP contribution in [0.4, 0.5) is 0 Å². The van der Waals surface area contributed by atoms with E-state index in [-0.39, 0.29) is 12.2 Å². The van der Waals surface area contributed by atoms with Crippen LogP contribution in [0.3, 0.4) is 0 Å². The zero-order valence-electron chi connectivity index (χ0n) is 8.24. The van der Waals surface area contributed by atoms with E-state index in [1.165, 1.54) is 12.8 Å². The molecule has 2 saturated heterocycles. The number of fused-ring (bicyclic) bond motifs is 2. The van der Waals surface area contributed by atoms with Gasteiger partial charge < -0.3 is 9.84 Å². The Morgan fingerprint density at radius 1 is 1.36 bits per heavy atom. The van der Waals surface area contributed by atoms with E-state index in [1.807, 2.05) is 0 Å². The predicted molar refractivity (Wildman–Crippen MR) is 49.9 cm³/mol. The summed E-state index contributed by atoms with van der Waals surface area (Å²) in [4.78, 5) is 11.4. The van der Waals surface area contributed by atoms with Crippen LogP contribution in [0.5, 0.6) is 0 Å². The maximum Gasteiger partial charge on any atom is 0.312 e. The minimum atomic E-state index is -0.614. The number of carboxylic acid groups (broad SMARTS) is 1. The molecular formula is C11H16O3. The van der Waals surface area contributed by atoms with Crippen molar-refractivity contribution in [2.45, 2.75) is 50.7 Å². The molecule has 3 nitrogen and oxygen atoms in total. The molecular weight excluding hydrogens is 180 g/mol. The standard InChI is InChI=1S/C11H16O3/c12-10(13)11(5-7-1-2-7)6-8-3-4-9(11)14-8/h7-9H,1-6H2,(H,12,13). The first-order valence-electron chi connectivity index (χ1n) is 5.59. The Morgan fingerprint density at radius 2 is 2.14 bits per heavy atom. The summed E-state index contributed by atoms with van der Waals surface area (Å²) in [7, 11) is 0. The van der Waals surface area contributed by atoms with Gasteiger partial charge >= 0.3 is 5.97 Å². The smallest absolute Gasteiger partial charge is 0.312 e. The number of ether oxygens (including phenoxy) is 1. The topological polar surface area (TPSA) is 46.5 Å². The molecule has 2 bridgehead atoms. The SMILES string of the molecule is O=C(O)C1(CC2CC2)CC2CCC1O2. The fraction of sp³-hybridized carbons (Fsp3) is 0.909. The quantitative estimate of drug-likeness (QED) is 0.748. The Labute approximate surface area is 83.4 Å². The van der Waals surface area contributed by atoms with Crippen LogP contribution < -0.4 is 0 Å². The zero-order chi connectivity index (χ0) is 9.76. The molecule has 2 heterocycles. The van der Waals surface area contributed by atoms with Crippen molar-refractivity contribution in [3.05, 3.63) is 0 Å². The summed E-state index contributed by atoms with van der Waals surface area (Å²) in [6.07, 6.45) is 6.39. The number of aliphatic carboxylic acids is 1. The third-order valence-corrected chi connectivity index (χ3v) is 4.09. The molecule has 0 radical (unpaired) electrons. The van der Waals surface area contributed by atoms with E-state index in [0.717, 1.165) is 25.7 Å². The molecule has 0 amide bonds.